The number of hydrogen-bond acceptors (Lipinski definition) is 5. The Balaban J connectivity index is 2.28. The van der Waals surface area contributed by atoms with Crippen molar-refractivity contribution in [3.8, 4) is 5.69 Å². The average Bonchev–Trinajstić information content (AvgIpc) is 2.90. The molecule has 2 aromatic carbocycles. The summed E-state index contributed by atoms with van der Waals surface area (Å²) in [6, 6.07) is 14.1. The third-order valence-electron chi connectivity index (χ3n) is 3.72. The maximum atomic E-state index is 11.3. The van der Waals surface area contributed by atoms with Crippen molar-refractivity contribution >= 4 is 11.5 Å². The summed E-state index contributed by atoms with van der Waals surface area (Å²) in [5.41, 5.74) is 2.65. The van der Waals surface area contributed by atoms with Crippen LogP contribution in [-0.4, -0.2) is 24.9 Å². The van der Waals surface area contributed by atoms with Crippen LogP contribution in [0.2, 0.25) is 0 Å². The van der Waals surface area contributed by atoms with Gasteiger partial charge in [0.1, 0.15) is 5.69 Å². The summed E-state index contributed by atoms with van der Waals surface area (Å²) >= 11 is 0. The molecule has 0 amide bonds. The lowest BCUT2D eigenvalue weighted by molar-refractivity contribution is -0.391. The fourth-order valence-corrected chi connectivity index (χ4v) is 2.27. The van der Waals surface area contributed by atoms with Gasteiger partial charge in [0.05, 0.1) is 10.8 Å². The highest BCUT2D eigenvalue weighted by Crippen LogP contribution is 2.21. The van der Waals surface area contributed by atoms with E-state index in [9.17, 15) is 15.3 Å². The molecular weight excluding hydrogens is 310 g/mol. The normalized spacial score (nSPS) is 11.7. The van der Waals surface area contributed by atoms with Gasteiger partial charge in [0, 0.05) is 0 Å². The summed E-state index contributed by atoms with van der Waals surface area (Å²) < 4.78 is 0. The van der Waals surface area contributed by atoms with Crippen LogP contribution in [0.5, 0.6) is 0 Å². The summed E-state index contributed by atoms with van der Waals surface area (Å²) in [5.74, 6) is -0.526. The Hall–Kier alpha value is -3.42. The van der Waals surface area contributed by atoms with Crippen LogP contribution in [0.4, 0.5) is 11.5 Å². The van der Waals surface area contributed by atoms with E-state index in [0.29, 0.717) is 16.2 Å². The van der Waals surface area contributed by atoms with Gasteiger partial charge in [-0.1, -0.05) is 35.2 Å². The predicted molar refractivity (Wildman–Crippen MR) is 86.5 cm³/mol. The molecule has 24 heavy (non-hydrogen) atoms. The van der Waals surface area contributed by atoms with Gasteiger partial charge < -0.3 is 15.3 Å². The summed E-state index contributed by atoms with van der Waals surface area (Å²) in [4.78, 5) is 16.5. The molecule has 1 aromatic heterocycles. The smallest absolute Gasteiger partial charge is 0.409 e. The van der Waals surface area contributed by atoms with Gasteiger partial charge in [-0.15, -0.1) is 0 Å². The summed E-state index contributed by atoms with van der Waals surface area (Å²) in [6.07, 6.45) is 0. The third kappa shape index (κ3) is 2.65. The first-order valence-electron chi connectivity index (χ1n) is 7.21. The van der Waals surface area contributed by atoms with Crippen molar-refractivity contribution in [3.63, 3.8) is 0 Å². The maximum absolute atomic E-state index is 11.3. The zero-order valence-electron chi connectivity index (χ0n) is 13.1. The standard InChI is InChI=1S/C16H15N5O3/c1-11-7-6-10-14(12(11)2)17-15-16(21(23)24)18-19(20(15)22)13-8-4-3-5-9-13/h3-10,22H,1-2H3. The number of nitrogens with zero attached hydrogens (tertiary/aromatic N) is 5. The van der Waals surface area contributed by atoms with Crippen molar-refractivity contribution in [1.29, 1.82) is 0 Å². The van der Waals surface area contributed by atoms with Gasteiger partial charge in [0.25, 0.3) is 5.49 Å². The summed E-state index contributed by atoms with van der Waals surface area (Å²) in [5, 5.41) is 25.5. The second kappa shape index (κ2) is 5.99. The van der Waals surface area contributed by atoms with E-state index in [2.05, 4.69) is 10.1 Å². The van der Waals surface area contributed by atoms with Crippen molar-refractivity contribution in [2.75, 3.05) is 0 Å². The Bertz CT molecular complexity index is 973. The van der Waals surface area contributed by atoms with E-state index in [1.165, 1.54) is 0 Å². The lowest BCUT2D eigenvalue weighted by Gasteiger charge is -2.03. The molecule has 1 heterocycles. The Morgan fingerprint density at radius 2 is 1.83 bits per heavy atom. The van der Waals surface area contributed by atoms with Crippen LogP contribution in [0.15, 0.2) is 53.5 Å². The molecule has 0 atom stereocenters. The second-order valence-electron chi connectivity index (χ2n) is 5.25. The molecule has 0 saturated heterocycles. The fourth-order valence-electron chi connectivity index (χ4n) is 2.27. The molecule has 8 heteroatoms. The number of rotatable bonds is 3. The number of nitro groups is 1. The number of aromatic nitrogens is 3. The lowest BCUT2D eigenvalue weighted by atomic mass is 10.1. The van der Waals surface area contributed by atoms with Crippen LogP contribution in [0.3, 0.4) is 0 Å². The lowest BCUT2D eigenvalue weighted by Crippen LogP contribution is -2.22. The molecule has 8 nitrogen and oxygen atoms in total. The molecular formula is C16H15N5O3. The third-order valence-corrected chi connectivity index (χ3v) is 3.72. The van der Waals surface area contributed by atoms with Gasteiger partial charge in [-0.2, -0.15) is 0 Å². The monoisotopic (exact) mass is 325 g/mol. The van der Waals surface area contributed by atoms with Crippen molar-refractivity contribution in [1.82, 2.24) is 14.7 Å². The number of aryl methyl sites for hydroxylation is 1. The van der Waals surface area contributed by atoms with E-state index < -0.39 is 10.7 Å². The first-order valence-corrected chi connectivity index (χ1v) is 7.21. The van der Waals surface area contributed by atoms with Crippen LogP contribution in [0.25, 0.3) is 5.69 Å². The van der Waals surface area contributed by atoms with Gasteiger partial charge in [-0.05, 0) is 52.9 Å². The van der Waals surface area contributed by atoms with Gasteiger partial charge >= 0.3 is 5.82 Å². The maximum Gasteiger partial charge on any atom is 0.438 e. The van der Waals surface area contributed by atoms with Crippen LogP contribution < -0.4 is 5.49 Å². The summed E-state index contributed by atoms with van der Waals surface area (Å²) in [6.45, 7) is 3.78. The van der Waals surface area contributed by atoms with E-state index >= 15 is 0 Å². The molecule has 0 aliphatic heterocycles. The zero-order chi connectivity index (χ0) is 17.3. The van der Waals surface area contributed by atoms with Crippen LogP contribution in [-0.2, 0) is 0 Å². The Labute approximate surface area is 137 Å². The molecule has 3 aromatic rings. The molecule has 122 valence electrons. The van der Waals surface area contributed by atoms with Gasteiger partial charge in [-0.25, -0.2) is 4.99 Å². The van der Waals surface area contributed by atoms with Crippen LogP contribution >= 0.6 is 0 Å². The molecule has 0 radical (unpaired) electrons. The minimum absolute atomic E-state index is 0.238. The molecule has 0 aliphatic rings. The quantitative estimate of drug-likeness (QED) is 0.454. The van der Waals surface area contributed by atoms with Crippen molar-refractivity contribution in [2.24, 2.45) is 4.99 Å². The van der Waals surface area contributed by atoms with E-state index in [0.717, 1.165) is 15.9 Å². The van der Waals surface area contributed by atoms with Gasteiger partial charge in [0.2, 0.25) is 0 Å². The first-order chi connectivity index (χ1) is 11.5. The van der Waals surface area contributed by atoms with E-state index in [4.69, 9.17) is 0 Å². The minimum Gasteiger partial charge on any atom is -0.409 e. The molecule has 0 bridgehead atoms. The molecule has 0 fully saturated rings. The minimum atomic E-state index is -0.671. The Morgan fingerprint density at radius 3 is 2.50 bits per heavy atom. The van der Waals surface area contributed by atoms with Crippen LogP contribution in [0.1, 0.15) is 11.1 Å². The first kappa shape index (κ1) is 15.5. The Kier molecular flexibility index (Phi) is 3.87. The number of hydrogen-bond donors (Lipinski definition) is 1. The SMILES string of the molecule is Cc1cccc(N=c2c([N+](=O)[O-])nn(-c3ccccc3)n2O)c1C. The van der Waals surface area contributed by atoms with Crippen molar-refractivity contribution < 1.29 is 10.1 Å². The molecule has 0 aliphatic carbocycles. The average molecular weight is 325 g/mol. The second-order valence-corrected chi connectivity index (χ2v) is 5.25. The number of para-hydroxylation sites is 1. The molecule has 0 spiro atoms. The van der Waals surface area contributed by atoms with Crippen molar-refractivity contribution in [3.05, 3.63) is 75.3 Å². The highest BCUT2D eigenvalue weighted by Gasteiger charge is 2.24. The zero-order valence-corrected chi connectivity index (χ0v) is 13.1. The van der Waals surface area contributed by atoms with E-state index in [-0.39, 0.29) is 5.49 Å². The molecule has 0 unspecified atom stereocenters. The highest BCUT2D eigenvalue weighted by atomic mass is 16.6. The largest absolute Gasteiger partial charge is 0.438 e. The van der Waals surface area contributed by atoms with Gasteiger partial charge in [-0.3, -0.25) is 0 Å². The molecule has 1 N–H and O–H groups in total. The van der Waals surface area contributed by atoms with E-state index in [1.54, 1.807) is 42.5 Å². The summed E-state index contributed by atoms with van der Waals surface area (Å²) in [7, 11) is 0. The van der Waals surface area contributed by atoms with Crippen molar-refractivity contribution in [2.45, 2.75) is 13.8 Å². The molecule has 3 rings (SSSR count). The fraction of sp³-hybridized carbons (Fsp3) is 0.125. The Morgan fingerprint density at radius 1 is 1.12 bits per heavy atom. The molecule has 0 saturated carbocycles. The topological polar surface area (TPSA) is 98.5 Å². The predicted octanol–water partition coefficient (Wildman–Crippen LogP) is 2.67. The highest BCUT2D eigenvalue weighted by molar-refractivity contribution is 5.49. The number of benzene rings is 2. The van der Waals surface area contributed by atoms with E-state index in [1.807, 2.05) is 19.9 Å². The van der Waals surface area contributed by atoms with Gasteiger partial charge in [0.15, 0.2) is 0 Å². The van der Waals surface area contributed by atoms with Crippen LogP contribution in [0, 0.1) is 24.0 Å².